The molecule has 0 aliphatic carbocycles. The van der Waals surface area contributed by atoms with Crippen molar-refractivity contribution in [1.82, 2.24) is 19.9 Å². The van der Waals surface area contributed by atoms with Gasteiger partial charge in [-0.25, -0.2) is 19.9 Å². The number of anilines is 1. The summed E-state index contributed by atoms with van der Waals surface area (Å²) in [5.41, 5.74) is 6.80. The van der Waals surface area contributed by atoms with Gasteiger partial charge in [0.05, 0.1) is 0 Å². The largest absolute Gasteiger partial charge is 0.486 e. The Balaban J connectivity index is 1.85. The molecule has 0 spiro atoms. The Labute approximate surface area is 109 Å². The number of rotatable bonds is 3. The zero-order chi connectivity index (χ0) is 13.1. The summed E-state index contributed by atoms with van der Waals surface area (Å²) in [6, 6.07) is 9.45. The lowest BCUT2D eigenvalue weighted by molar-refractivity contribution is 0.296. The van der Waals surface area contributed by atoms with Gasteiger partial charge in [-0.05, 0) is 12.1 Å². The van der Waals surface area contributed by atoms with Crippen LogP contribution < -0.4 is 10.5 Å². The summed E-state index contributed by atoms with van der Waals surface area (Å²) in [5, 5.41) is 0. The highest BCUT2D eigenvalue weighted by Gasteiger charge is 2.07. The van der Waals surface area contributed by atoms with E-state index in [0.29, 0.717) is 22.8 Å². The molecule has 2 N–H and O–H groups in total. The molecule has 2 aromatic heterocycles. The highest BCUT2D eigenvalue weighted by Crippen LogP contribution is 2.14. The Morgan fingerprint density at radius 1 is 1.00 bits per heavy atom. The SMILES string of the molecule is Nc1nc(COc2ccccc2)nc2nccnc12. The van der Waals surface area contributed by atoms with E-state index in [1.54, 1.807) is 12.4 Å². The van der Waals surface area contributed by atoms with Crippen LogP contribution in [0.15, 0.2) is 42.7 Å². The minimum absolute atomic E-state index is 0.237. The van der Waals surface area contributed by atoms with Crippen molar-refractivity contribution in [2.24, 2.45) is 0 Å². The molecular formula is C13H11N5O. The zero-order valence-electron chi connectivity index (χ0n) is 10.0. The van der Waals surface area contributed by atoms with Crippen LogP contribution >= 0.6 is 0 Å². The number of nitrogens with zero attached hydrogens (tertiary/aromatic N) is 4. The number of benzene rings is 1. The number of nitrogen functional groups attached to an aromatic ring is 1. The molecule has 2 heterocycles. The Bertz CT molecular complexity index is 702. The average molecular weight is 253 g/mol. The first kappa shape index (κ1) is 11.3. The molecule has 0 radical (unpaired) electrons. The molecule has 1 aromatic carbocycles. The molecule has 94 valence electrons. The Morgan fingerprint density at radius 2 is 1.79 bits per heavy atom. The van der Waals surface area contributed by atoms with Crippen LogP contribution in [0.3, 0.4) is 0 Å². The van der Waals surface area contributed by atoms with Crippen LogP contribution in [0.2, 0.25) is 0 Å². The lowest BCUT2D eigenvalue weighted by Gasteiger charge is -2.06. The van der Waals surface area contributed by atoms with Crippen molar-refractivity contribution in [1.29, 1.82) is 0 Å². The van der Waals surface area contributed by atoms with E-state index in [4.69, 9.17) is 10.5 Å². The molecule has 3 aromatic rings. The van der Waals surface area contributed by atoms with Crippen LogP contribution in [-0.4, -0.2) is 19.9 Å². The van der Waals surface area contributed by atoms with Gasteiger partial charge in [0.2, 0.25) is 0 Å². The van der Waals surface area contributed by atoms with Crippen LogP contribution in [0.4, 0.5) is 5.82 Å². The van der Waals surface area contributed by atoms with Crippen molar-refractivity contribution in [2.45, 2.75) is 6.61 Å². The Morgan fingerprint density at radius 3 is 2.63 bits per heavy atom. The third-order valence-electron chi connectivity index (χ3n) is 2.52. The number of aromatic nitrogens is 4. The fourth-order valence-electron chi connectivity index (χ4n) is 1.66. The number of para-hydroxylation sites is 1. The van der Waals surface area contributed by atoms with Crippen molar-refractivity contribution in [3.05, 3.63) is 48.5 Å². The first-order valence-corrected chi connectivity index (χ1v) is 5.74. The third kappa shape index (κ3) is 2.42. The summed E-state index contributed by atoms with van der Waals surface area (Å²) in [5.74, 6) is 1.54. The first-order valence-electron chi connectivity index (χ1n) is 5.74. The number of nitrogens with two attached hydrogens (primary N) is 1. The van der Waals surface area contributed by atoms with E-state index < -0.39 is 0 Å². The number of fused-ring (bicyclic) bond motifs is 1. The molecule has 0 atom stereocenters. The zero-order valence-corrected chi connectivity index (χ0v) is 10.0. The lowest BCUT2D eigenvalue weighted by atomic mass is 10.3. The summed E-state index contributed by atoms with van der Waals surface area (Å²) in [6.45, 7) is 0.237. The van der Waals surface area contributed by atoms with Gasteiger partial charge in [-0.15, -0.1) is 0 Å². The van der Waals surface area contributed by atoms with E-state index in [1.165, 1.54) is 0 Å². The van der Waals surface area contributed by atoms with Crippen molar-refractivity contribution >= 4 is 17.0 Å². The van der Waals surface area contributed by atoms with Gasteiger partial charge in [-0.1, -0.05) is 18.2 Å². The highest BCUT2D eigenvalue weighted by molar-refractivity contribution is 5.80. The Kier molecular flexibility index (Phi) is 2.89. The van der Waals surface area contributed by atoms with Gasteiger partial charge in [0.1, 0.15) is 17.9 Å². The first-order chi connectivity index (χ1) is 9.33. The molecule has 6 heteroatoms. The van der Waals surface area contributed by atoms with Gasteiger partial charge < -0.3 is 10.5 Å². The summed E-state index contributed by atoms with van der Waals surface area (Å²) in [7, 11) is 0. The molecule has 0 saturated heterocycles. The van der Waals surface area contributed by atoms with Crippen molar-refractivity contribution in [2.75, 3.05) is 5.73 Å². The minimum atomic E-state index is 0.237. The fourth-order valence-corrected chi connectivity index (χ4v) is 1.66. The van der Waals surface area contributed by atoms with E-state index in [-0.39, 0.29) is 6.61 Å². The molecule has 0 amide bonds. The van der Waals surface area contributed by atoms with Gasteiger partial charge in [-0.3, -0.25) is 0 Å². The molecular weight excluding hydrogens is 242 g/mol. The maximum atomic E-state index is 5.82. The topological polar surface area (TPSA) is 86.8 Å². The summed E-state index contributed by atoms with van der Waals surface area (Å²) >= 11 is 0. The van der Waals surface area contributed by atoms with Crippen LogP contribution in [0.5, 0.6) is 5.75 Å². The smallest absolute Gasteiger partial charge is 0.183 e. The molecule has 0 unspecified atom stereocenters. The van der Waals surface area contributed by atoms with Gasteiger partial charge in [-0.2, -0.15) is 0 Å². The maximum absolute atomic E-state index is 5.82. The maximum Gasteiger partial charge on any atom is 0.183 e. The second kappa shape index (κ2) is 4.85. The normalized spacial score (nSPS) is 10.5. The molecule has 0 fully saturated rings. The molecule has 0 aliphatic rings. The van der Waals surface area contributed by atoms with E-state index in [0.717, 1.165) is 5.75 Å². The van der Waals surface area contributed by atoms with Gasteiger partial charge in [0.25, 0.3) is 0 Å². The van der Waals surface area contributed by atoms with Crippen LogP contribution in [0.25, 0.3) is 11.2 Å². The minimum Gasteiger partial charge on any atom is -0.486 e. The lowest BCUT2D eigenvalue weighted by Crippen LogP contribution is -2.06. The monoisotopic (exact) mass is 253 g/mol. The van der Waals surface area contributed by atoms with E-state index in [2.05, 4.69) is 19.9 Å². The number of hydrogen-bond acceptors (Lipinski definition) is 6. The quantitative estimate of drug-likeness (QED) is 0.762. The number of hydrogen-bond donors (Lipinski definition) is 1. The summed E-state index contributed by atoms with van der Waals surface area (Å²) in [6.07, 6.45) is 3.12. The predicted molar refractivity (Wildman–Crippen MR) is 70.3 cm³/mol. The molecule has 6 nitrogen and oxygen atoms in total. The second-order valence-corrected chi connectivity index (χ2v) is 3.86. The Hall–Kier alpha value is -2.76. The predicted octanol–water partition coefficient (Wildman–Crippen LogP) is 1.58. The average Bonchev–Trinajstić information content (AvgIpc) is 2.46. The standard InChI is InChI=1S/C13H11N5O/c14-12-11-13(16-7-6-15-11)18-10(17-12)8-19-9-4-2-1-3-5-9/h1-7H,8H2,(H2,14,16,17,18). The second-order valence-electron chi connectivity index (χ2n) is 3.86. The highest BCUT2D eigenvalue weighted by atomic mass is 16.5. The van der Waals surface area contributed by atoms with Gasteiger partial charge in [0, 0.05) is 12.4 Å². The summed E-state index contributed by atoms with van der Waals surface area (Å²) < 4.78 is 5.57. The van der Waals surface area contributed by atoms with E-state index >= 15 is 0 Å². The molecule has 0 aliphatic heterocycles. The van der Waals surface area contributed by atoms with Gasteiger partial charge >= 0.3 is 0 Å². The molecule has 0 saturated carbocycles. The third-order valence-corrected chi connectivity index (χ3v) is 2.52. The molecule has 0 bridgehead atoms. The van der Waals surface area contributed by atoms with E-state index in [9.17, 15) is 0 Å². The van der Waals surface area contributed by atoms with Crippen LogP contribution in [-0.2, 0) is 6.61 Å². The van der Waals surface area contributed by atoms with E-state index in [1.807, 2.05) is 30.3 Å². The van der Waals surface area contributed by atoms with Crippen LogP contribution in [0, 0.1) is 0 Å². The van der Waals surface area contributed by atoms with Crippen molar-refractivity contribution in [3.63, 3.8) is 0 Å². The molecule has 3 rings (SSSR count). The molecule has 19 heavy (non-hydrogen) atoms. The van der Waals surface area contributed by atoms with Crippen molar-refractivity contribution in [3.8, 4) is 5.75 Å². The van der Waals surface area contributed by atoms with Crippen molar-refractivity contribution < 1.29 is 4.74 Å². The van der Waals surface area contributed by atoms with Gasteiger partial charge in [0.15, 0.2) is 17.3 Å². The number of ether oxygens (including phenoxy) is 1. The van der Waals surface area contributed by atoms with Crippen LogP contribution in [0.1, 0.15) is 5.82 Å². The fraction of sp³-hybridized carbons (Fsp3) is 0.0769. The summed E-state index contributed by atoms with van der Waals surface area (Å²) in [4.78, 5) is 16.6.